The fourth-order valence-electron chi connectivity index (χ4n) is 1.42. The summed E-state index contributed by atoms with van der Waals surface area (Å²) in [7, 11) is 0. The van der Waals surface area contributed by atoms with Crippen LogP contribution in [0.4, 0.5) is 0 Å². The Kier molecular flexibility index (Phi) is 7.01. The van der Waals surface area contributed by atoms with E-state index in [9.17, 15) is 5.11 Å². The number of hydrogen-bond acceptors (Lipinski definition) is 3. The standard InChI is InChI=1S/C13H20ClNO2/c1-2-3-8-17-9-7-15-10-11-5-4-6-12(14)13(11)16/h4-6,15-16H,2-3,7-10H2,1H3. The number of phenols is 1. The van der Waals surface area contributed by atoms with Crippen LogP contribution in [0.25, 0.3) is 0 Å². The fourth-order valence-corrected chi connectivity index (χ4v) is 1.61. The van der Waals surface area contributed by atoms with Crippen molar-refractivity contribution in [2.24, 2.45) is 0 Å². The number of benzene rings is 1. The van der Waals surface area contributed by atoms with Gasteiger partial charge in [-0.15, -0.1) is 0 Å². The van der Waals surface area contributed by atoms with Crippen molar-refractivity contribution in [2.45, 2.75) is 26.3 Å². The highest BCUT2D eigenvalue weighted by molar-refractivity contribution is 6.32. The number of phenolic OH excluding ortho intramolecular Hbond substituents is 1. The minimum absolute atomic E-state index is 0.161. The molecule has 1 aromatic rings. The molecule has 0 heterocycles. The van der Waals surface area contributed by atoms with Gasteiger partial charge in [-0.25, -0.2) is 0 Å². The summed E-state index contributed by atoms with van der Waals surface area (Å²) in [6, 6.07) is 5.36. The van der Waals surface area contributed by atoms with E-state index in [0.717, 1.165) is 31.6 Å². The third kappa shape index (κ3) is 5.39. The Morgan fingerprint density at radius 2 is 2.18 bits per heavy atom. The normalized spacial score (nSPS) is 10.7. The van der Waals surface area contributed by atoms with E-state index in [2.05, 4.69) is 12.2 Å². The minimum Gasteiger partial charge on any atom is -0.506 e. The van der Waals surface area contributed by atoms with E-state index in [0.29, 0.717) is 18.2 Å². The predicted octanol–water partition coefficient (Wildman–Crippen LogP) is 2.95. The zero-order valence-corrected chi connectivity index (χ0v) is 11.0. The topological polar surface area (TPSA) is 41.5 Å². The number of aromatic hydroxyl groups is 1. The van der Waals surface area contributed by atoms with Gasteiger partial charge in [0.25, 0.3) is 0 Å². The van der Waals surface area contributed by atoms with E-state index in [1.807, 2.05) is 12.1 Å². The Morgan fingerprint density at radius 1 is 1.35 bits per heavy atom. The fraction of sp³-hybridized carbons (Fsp3) is 0.538. The number of rotatable bonds is 8. The minimum atomic E-state index is 0.161. The first-order valence-corrected chi connectivity index (χ1v) is 6.38. The number of halogens is 1. The van der Waals surface area contributed by atoms with E-state index in [-0.39, 0.29) is 5.75 Å². The number of para-hydroxylation sites is 1. The smallest absolute Gasteiger partial charge is 0.138 e. The monoisotopic (exact) mass is 257 g/mol. The molecule has 0 unspecified atom stereocenters. The van der Waals surface area contributed by atoms with Crippen molar-refractivity contribution in [3.63, 3.8) is 0 Å². The number of nitrogens with one attached hydrogen (secondary N) is 1. The van der Waals surface area contributed by atoms with Crippen LogP contribution in [0.15, 0.2) is 18.2 Å². The SMILES string of the molecule is CCCCOCCNCc1cccc(Cl)c1O. The Balaban J connectivity index is 2.16. The molecule has 0 saturated heterocycles. The third-order valence-electron chi connectivity index (χ3n) is 2.45. The molecule has 17 heavy (non-hydrogen) atoms. The summed E-state index contributed by atoms with van der Waals surface area (Å²) in [6.45, 7) is 5.03. The first-order chi connectivity index (χ1) is 8.25. The molecule has 0 aliphatic carbocycles. The first kappa shape index (κ1) is 14.3. The molecule has 0 bridgehead atoms. The van der Waals surface area contributed by atoms with Crippen molar-refractivity contribution in [1.82, 2.24) is 5.32 Å². The lowest BCUT2D eigenvalue weighted by Crippen LogP contribution is -2.19. The predicted molar refractivity (Wildman–Crippen MR) is 70.6 cm³/mol. The van der Waals surface area contributed by atoms with Gasteiger partial charge in [-0.1, -0.05) is 37.1 Å². The first-order valence-electron chi connectivity index (χ1n) is 6.00. The van der Waals surface area contributed by atoms with Crippen molar-refractivity contribution >= 4 is 11.6 Å². The van der Waals surface area contributed by atoms with Crippen LogP contribution in [0.5, 0.6) is 5.75 Å². The summed E-state index contributed by atoms with van der Waals surface area (Å²) in [5.41, 5.74) is 0.811. The summed E-state index contributed by atoms with van der Waals surface area (Å²) in [6.07, 6.45) is 2.26. The lowest BCUT2D eigenvalue weighted by molar-refractivity contribution is 0.133. The molecule has 0 aliphatic heterocycles. The van der Waals surface area contributed by atoms with Gasteiger partial charge >= 0.3 is 0 Å². The molecule has 3 nitrogen and oxygen atoms in total. The van der Waals surface area contributed by atoms with E-state index >= 15 is 0 Å². The van der Waals surface area contributed by atoms with Gasteiger partial charge < -0.3 is 15.2 Å². The van der Waals surface area contributed by atoms with Gasteiger partial charge in [0, 0.05) is 25.3 Å². The van der Waals surface area contributed by atoms with Gasteiger partial charge in [0.2, 0.25) is 0 Å². The summed E-state index contributed by atoms with van der Waals surface area (Å²) < 4.78 is 5.41. The molecule has 0 aromatic heterocycles. The van der Waals surface area contributed by atoms with Crippen LogP contribution >= 0.6 is 11.6 Å². The summed E-state index contributed by atoms with van der Waals surface area (Å²) in [4.78, 5) is 0. The van der Waals surface area contributed by atoms with Crippen LogP contribution in [-0.4, -0.2) is 24.9 Å². The Morgan fingerprint density at radius 3 is 2.94 bits per heavy atom. The highest BCUT2D eigenvalue weighted by Crippen LogP contribution is 2.26. The van der Waals surface area contributed by atoms with Crippen LogP contribution in [0.3, 0.4) is 0 Å². The molecular formula is C13H20ClNO2. The van der Waals surface area contributed by atoms with Crippen LogP contribution in [-0.2, 0) is 11.3 Å². The van der Waals surface area contributed by atoms with Crippen molar-refractivity contribution in [1.29, 1.82) is 0 Å². The van der Waals surface area contributed by atoms with Crippen LogP contribution in [0.1, 0.15) is 25.3 Å². The average Bonchev–Trinajstić information content (AvgIpc) is 2.33. The van der Waals surface area contributed by atoms with Crippen molar-refractivity contribution in [3.8, 4) is 5.75 Å². The second-order valence-corrected chi connectivity index (χ2v) is 4.30. The summed E-state index contributed by atoms with van der Waals surface area (Å²) >= 11 is 5.81. The molecule has 0 spiro atoms. The molecule has 4 heteroatoms. The zero-order valence-electron chi connectivity index (χ0n) is 10.2. The second-order valence-electron chi connectivity index (χ2n) is 3.89. The molecule has 0 amide bonds. The number of unbranched alkanes of at least 4 members (excludes halogenated alkanes) is 1. The Labute approximate surface area is 108 Å². The van der Waals surface area contributed by atoms with Gasteiger partial charge in [-0.3, -0.25) is 0 Å². The van der Waals surface area contributed by atoms with Gasteiger partial charge in [-0.05, 0) is 12.5 Å². The van der Waals surface area contributed by atoms with Gasteiger partial charge in [-0.2, -0.15) is 0 Å². The molecule has 96 valence electrons. The molecular weight excluding hydrogens is 238 g/mol. The zero-order chi connectivity index (χ0) is 12.5. The highest BCUT2D eigenvalue weighted by Gasteiger charge is 2.03. The van der Waals surface area contributed by atoms with Gasteiger partial charge in [0.1, 0.15) is 5.75 Å². The van der Waals surface area contributed by atoms with Gasteiger partial charge in [0.15, 0.2) is 0 Å². The molecule has 0 aliphatic rings. The maximum Gasteiger partial charge on any atom is 0.138 e. The molecule has 0 fully saturated rings. The maximum absolute atomic E-state index is 9.67. The number of hydrogen-bond donors (Lipinski definition) is 2. The van der Waals surface area contributed by atoms with Gasteiger partial charge in [0.05, 0.1) is 11.6 Å². The Bertz CT molecular complexity index is 331. The molecule has 2 N–H and O–H groups in total. The lowest BCUT2D eigenvalue weighted by Gasteiger charge is -2.08. The summed E-state index contributed by atoms with van der Waals surface area (Å²) in [5.74, 6) is 0.161. The second kappa shape index (κ2) is 8.34. The maximum atomic E-state index is 9.67. The van der Waals surface area contributed by atoms with Crippen molar-refractivity contribution in [3.05, 3.63) is 28.8 Å². The van der Waals surface area contributed by atoms with E-state index < -0.39 is 0 Å². The van der Waals surface area contributed by atoms with Crippen LogP contribution in [0.2, 0.25) is 5.02 Å². The van der Waals surface area contributed by atoms with Crippen molar-refractivity contribution in [2.75, 3.05) is 19.8 Å². The quantitative estimate of drug-likeness (QED) is 0.704. The van der Waals surface area contributed by atoms with Crippen LogP contribution < -0.4 is 5.32 Å². The molecule has 0 atom stereocenters. The van der Waals surface area contributed by atoms with E-state index in [1.165, 1.54) is 0 Å². The third-order valence-corrected chi connectivity index (χ3v) is 2.76. The summed E-state index contributed by atoms with van der Waals surface area (Å²) in [5, 5.41) is 13.3. The lowest BCUT2D eigenvalue weighted by atomic mass is 10.2. The highest BCUT2D eigenvalue weighted by atomic mass is 35.5. The molecule has 0 radical (unpaired) electrons. The van der Waals surface area contributed by atoms with Crippen LogP contribution in [0, 0.1) is 0 Å². The molecule has 0 saturated carbocycles. The van der Waals surface area contributed by atoms with E-state index in [4.69, 9.17) is 16.3 Å². The number of ether oxygens (including phenoxy) is 1. The average molecular weight is 258 g/mol. The molecule has 1 aromatic carbocycles. The molecule has 1 rings (SSSR count). The van der Waals surface area contributed by atoms with Crippen molar-refractivity contribution < 1.29 is 9.84 Å². The van der Waals surface area contributed by atoms with E-state index in [1.54, 1.807) is 6.07 Å². The Hall–Kier alpha value is -0.770. The largest absolute Gasteiger partial charge is 0.506 e.